The summed E-state index contributed by atoms with van der Waals surface area (Å²) in [6.45, 7) is -0.365. The highest BCUT2D eigenvalue weighted by molar-refractivity contribution is 7.99. The molecule has 2 aromatic carbocycles. The predicted molar refractivity (Wildman–Crippen MR) is 99.5 cm³/mol. The molecule has 9 heteroatoms. The molecule has 0 fully saturated rings. The second-order valence-electron chi connectivity index (χ2n) is 4.96. The van der Waals surface area contributed by atoms with Gasteiger partial charge in [0.15, 0.2) is 0 Å². The molecule has 0 aliphatic carbocycles. The van der Waals surface area contributed by atoms with Crippen LogP contribution in [0.2, 0.25) is 5.02 Å². The van der Waals surface area contributed by atoms with Crippen LogP contribution in [0.4, 0.5) is 0 Å². The van der Waals surface area contributed by atoms with E-state index >= 15 is 0 Å². The first-order valence-electron chi connectivity index (χ1n) is 7.45. The fourth-order valence-corrected chi connectivity index (χ4v) is 3.90. The lowest BCUT2D eigenvalue weighted by Gasteiger charge is -2.08. The zero-order valence-corrected chi connectivity index (χ0v) is 15.9. The number of nitrogens with zero attached hydrogens (tertiary/aromatic N) is 1. The van der Waals surface area contributed by atoms with Crippen molar-refractivity contribution in [2.45, 2.75) is 9.79 Å². The van der Waals surface area contributed by atoms with Crippen molar-refractivity contribution in [1.82, 2.24) is 4.72 Å². The quantitative estimate of drug-likeness (QED) is 0.408. The number of halogens is 1. The van der Waals surface area contributed by atoms with Gasteiger partial charge in [-0.3, -0.25) is 4.79 Å². The monoisotopic (exact) mass is 410 g/mol. The molecule has 0 saturated carbocycles. The van der Waals surface area contributed by atoms with Crippen LogP contribution in [0.1, 0.15) is 5.56 Å². The maximum absolute atomic E-state index is 12.2. The fourth-order valence-electron chi connectivity index (χ4n) is 1.92. The summed E-state index contributed by atoms with van der Waals surface area (Å²) < 4.78 is 31.5. The largest absolute Gasteiger partial charge is 0.464 e. The minimum atomic E-state index is -3.97. The number of thioether (sulfide) groups is 1. The van der Waals surface area contributed by atoms with Crippen LogP contribution in [0.3, 0.4) is 0 Å². The Labute approximate surface area is 161 Å². The van der Waals surface area contributed by atoms with E-state index in [4.69, 9.17) is 21.6 Å². The maximum Gasteiger partial charge on any atom is 0.321 e. The van der Waals surface area contributed by atoms with Crippen LogP contribution in [0.5, 0.6) is 0 Å². The van der Waals surface area contributed by atoms with Crippen LogP contribution < -0.4 is 4.72 Å². The highest BCUT2D eigenvalue weighted by atomic mass is 35.5. The molecule has 2 rings (SSSR count). The van der Waals surface area contributed by atoms with Gasteiger partial charge in [0.2, 0.25) is 10.0 Å². The Bertz CT molecular complexity index is 909. The Morgan fingerprint density at radius 2 is 1.88 bits per heavy atom. The molecule has 0 unspecified atom stereocenters. The molecule has 0 radical (unpaired) electrons. The molecule has 0 spiro atoms. The fraction of sp³-hybridized carbons (Fsp3) is 0.176. The van der Waals surface area contributed by atoms with Crippen molar-refractivity contribution in [3.63, 3.8) is 0 Å². The van der Waals surface area contributed by atoms with Gasteiger partial charge >= 0.3 is 5.97 Å². The zero-order valence-electron chi connectivity index (χ0n) is 13.5. The third-order valence-corrected chi connectivity index (χ3v) is 5.82. The van der Waals surface area contributed by atoms with E-state index in [-0.39, 0.29) is 17.1 Å². The molecule has 26 heavy (non-hydrogen) atoms. The van der Waals surface area contributed by atoms with Gasteiger partial charge in [-0.05, 0) is 36.4 Å². The summed E-state index contributed by atoms with van der Waals surface area (Å²) in [6, 6.07) is 14.8. The van der Waals surface area contributed by atoms with E-state index in [0.717, 1.165) is 4.90 Å². The second-order valence-corrected chi connectivity index (χ2v) is 8.30. The standard InChI is InChI=1S/C17H15ClN2O4S2/c18-14-5-7-15(8-6-14)25-10-9-24-17(21)12-20-26(22,23)16-4-2-1-3-13(16)11-19/h1-8,20H,9-10,12H2. The normalized spacial score (nSPS) is 10.9. The van der Waals surface area contributed by atoms with Crippen molar-refractivity contribution in [3.05, 3.63) is 59.1 Å². The van der Waals surface area contributed by atoms with Crippen molar-refractivity contribution in [2.24, 2.45) is 0 Å². The molecule has 0 aliphatic heterocycles. The number of hydrogen-bond acceptors (Lipinski definition) is 6. The van der Waals surface area contributed by atoms with Gasteiger partial charge in [-0.2, -0.15) is 9.98 Å². The van der Waals surface area contributed by atoms with E-state index in [1.54, 1.807) is 24.3 Å². The number of sulfonamides is 1. The molecular formula is C17H15ClN2O4S2. The van der Waals surface area contributed by atoms with E-state index in [9.17, 15) is 13.2 Å². The molecule has 136 valence electrons. The van der Waals surface area contributed by atoms with Crippen molar-refractivity contribution in [3.8, 4) is 6.07 Å². The van der Waals surface area contributed by atoms with Crippen molar-refractivity contribution in [1.29, 1.82) is 5.26 Å². The minimum absolute atomic E-state index is 0.00716. The maximum atomic E-state index is 12.2. The number of hydrogen-bond donors (Lipinski definition) is 1. The zero-order chi connectivity index (χ0) is 19.0. The number of nitrogens with one attached hydrogen (secondary N) is 1. The van der Waals surface area contributed by atoms with E-state index in [0.29, 0.717) is 10.8 Å². The molecule has 0 atom stereocenters. The first kappa shape index (κ1) is 20.3. The van der Waals surface area contributed by atoms with Crippen LogP contribution in [-0.4, -0.2) is 33.3 Å². The number of rotatable bonds is 8. The summed E-state index contributed by atoms with van der Waals surface area (Å²) in [5.41, 5.74) is 0.00716. The van der Waals surface area contributed by atoms with Crippen LogP contribution in [0.25, 0.3) is 0 Å². The van der Waals surface area contributed by atoms with Gasteiger partial charge in [-0.15, -0.1) is 11.8 Å². The topological polar surface area (TPSA) is 96.3 Å². The Morgan fingerprint density at radius 1 is 1.19 bits per heavy atom. The molecule has 0 heterocycles. The van der Waals surface area contributed by atoms with Gasteiger partial charge in [0.05, 0.1) is 10.5 Å². The van der Waals surface area contributed by atoms with E-state index < -0.39 is 22.5 Å². The lowest BCUT2D eigenvalue weighted by atomic mass is 10.2. The van der Waals surface area contributed by atoms with Crippen molar-refractivity contribution in [2.75, 3.05) is 18.9 Å². The molecule has 0 aromatic heterocycles. The third-order valence-electron chi connectivity index (χ3n) is 3.13. The van der Waals surface area contributed by atoms with Gasteiger partial charge in [-0.25, -0.2) is 8.42 Å². The Morgan fingerprint density at radius 3 is 2.58 bits per heavy atom. The summed E-state index contributed by atoms with van der Waals surface area (Å²) in [7, 11) is -3.97. The molecule has 6 nitrogen and oxygen atoms in total. The SMILES string of the molecule is N#Cc1ccccc1S(=O)(=O)NCC(=O)OCCSc1ccc(Cl)cc1. The number of benzene rings is 2. The minimum Gasteiger partial charge on any atom is -0.464 e. The Kier molecular flexibility index (Phi) is 7.48. The lowest BCUT2D eigenvalue weighted by Crippen LogP contribution is -2.31. The Hall–Kier alpha value is -2.05. The van der Waals surface area contributed by atoms with Crippen LogP contribution in [0.15, 0.2) is 58.3 Å². The summed E-state index contributed by atoms with van der Waals surface area (Å²) >= 11 is 7.28. The predicted octanol–water partition coefficient (Wildman–Crippen LogP) is 2.83. The highest BCUT2D eigenvalue weighted by Gasteiger charge is 2.19. The van der Waals surface area contributed by atoms with Gasteiger partial charge in [0.25, 0.3) is 0 Å². The molecule has 0 saturated heterocycles. The van der Waals surface area contributed by atoms with E-state index in [1.165, 1.54) is 30.0 Å². The van der Waals surface area contributed by atoms with E-state index in [2.05, 4.69) is 4.72 Å². The molecule has 1 N–H and O–H groups in total. The van der Waals surface area contributed by atoms with E-state index in [1.807, 2.05) is 12.1 Å². The number of ether oxygens (including phenoxy) is 1. The summed E-state index contributed by atoms with van der Waals surface area (Å²) in [4.78, 5) is 12.5. The van der Waals surface area contributed by atoms with Crippen LogP contribution in [0, 0.1) is 11.3 Å². The highest BCUT2D eigenvalue weighted by Crippen LogP contribution is 2.20. The third kappa shape index (κ3) is 6.04. The number of nitriles is 1. The van der Waals surface area contributed by atoms with Crippen molar-refractivity contribution < 1.29 is 17.9 Å². The van der Waals surface area contributed by atoms with Gasteiger partial charge in [-0.1, -0.05) is 23.7 Å². The number of carbonyl (C=O) groups is 1. The number of esters is 1. The van der Waals surface area contributed by atoms with Crippen LogP contribution >= 0.6 is 23.4 Å². The van der Waals surface area contributed by atoms with Gasteiger partial charge in [0.1, 0.15) is 19.2 Å². The molecule has 2 aromatic rings. The second kappa shape index (κ2) is 9.59. The molecular weight excluding hydrogens is 396 g/mol. The summed E-state index contributed by atoms with van der Waals surface area (Å²) in [5, 5.41) is 9.61. The van der Waals surface area contributed by atoms with Gasteiger partial charge < -0.3 is 4.74 Å². The first-order valence-corrected chi connectivity index (χ1v) is 10.3. The first-order chi connectivity index (χ1) is 12.4. The summed E-state index contributed by atoms with van der Waals surface area (Å²) in [6.07, 6.45) is 0. The van der Waals surface area contributed by atoms with Gasteiger partial charge in [0, 0.05) is 15.7 Å². The molecule has 0 bridgehead atoms. The number of carbonyl (C=O) groups excluding carboxylic acids is 1. The lowest BCUT2D eigenvalue weighted by molar-refractivity contribution is -0.141. The summed E-state index contributed by atoms with van der Waals surface area (Å²) in [5.74, 6) is -0.170. The average Bonchev–Trinajstić information content (AvgIpc) is 2.65. The van der Waals surface area contributed by atoms with Crippen molar-refractivity contribution >= 4 is 39.4 Å². The molecule has 0 aliphatic rings. The smallest absolute Gasteiger partial charge is 0.321 e. The Balaban J connectivity index is 1.77. The van der Waals surface area contributed by atoms with Crippen LogP contribution in [-0.2, 0) is 19.6 Å². The molecule has 0 amide bonds. The average molecular weight is 411 g/mol.